The number of nitrogens with zero attached hydrogens (tertiary/aromatic N) is 4. The summed E-state index contributed by atoms with van der Waals surface area (Å²) in [6, 6.07) is 3.67. The molecule has 7 heteroatoms. The highest BCUT2D eigenvalue weighted by Gasteiger charge is 2.25. The minimum absolute atomic E-state index is 0.177. The molecule has 3 rings (SSSR count). The van der Waals surface area contributed by atoms with E-state index in [0.29, 0.717) is 29.2 Å². The Hall–Kier alpha value is -1.76. The molecule has 6 nitrogen and oxygen atoms in total. The lowest BCUT2D eigenvalue weighted by atomic mass is 9.92. The van der Waals surface area contributed by atoms with Gasteiger partial charge in [0.15, 0.2) is 16.7 Å². The van der Waals surface area contributed by atoms with Crippen LogP contribution in [-0.4, -0.2) is 44.4 Å². The van der Waals surface area contributed by atoms with E-state index < -0.39 is 0 Å². The number of furan rings is 1. The van der Waals surface area contributed by atoms with Gasteiger partial charge in [-0.3, -0.25) is 4.79 Å². The van der Waals surface area contributed by atoms with Gasteiger partial charge in [-0.25, -0.2) is 0 Å². The third kappa shape index (κ3) is 3.60. The molecule has 0 aliphatic carbocycles. The molecular formula is C16H22N4O2S. The Kier molecular flexibility index (Phi) is 4.75. The average molecular weight is 334 g/mol. The van der Waals surface area contributed by atoms with Gasteiger partial charge in [0, 0.05) is 20.1 Å². The maximum Gasteiger partial charge on any atom is 0.233 e. The largest absolute Gasteiger partial charge is 0.461 e. The maximum atomic E-state index is 12.4. The van der Waals surface area contributed by atoms with Crippen molar-refractivity contribution in [3.8, 4) is 11.6 Å². The standard InChI is InChI=1S/C16H22N4O2S/c1-11-7-12(2)9-20(8-11)14(21)10-23-16-18-17-15(19(16)3)13-5-4-6-22-13/h4-6,11-12H,7-10H2,1-3H3/t11-,12-/m1/s1. The van der Waals surface area contributed by atoms with Gasteiger partial charge in [-0.15, -0.1) is 10.2 Å². The minimum atomic E-state index is 0.177. The van der Waals surface area contributed by atoms with Crippen LogP contribution < -0.4 is 0 Å². The molecule has 2 aromatic rings. The summed E-state index contributed by atoms with van der Waals surface area (Å²) in [5.41, 5.74) is 0. The SMILES string of the molecule is C[C@@H]1C[C@@H](C)CN(C(=O)CSc2nnc(-c3ccco3)n2C)C1. The second-order valence-electron chi connectivity index (χ2n) is 6.38. The first-order valence-corrected chi connectivity index (χ1v) is 8.87. The fraction of sp³-hybridized carbons (Fsp3) is 0.562. The first kappa shape index (κ1) is 16.1. The van der Waals surface area contributed by atoms with E-state index in [-0.39, 0.29) is 5.91 Å². The van der Waals surface area contributed by atoms with E-state index in [0.717, 1.165) is 18.2 Å². The van der Waals surface area contributed by atoms with Gasteiger partial charge in [0.1, 0.15) is 0 Å². The molecule has 0 bridgehead atoms. The van der Waals surface area contributed by atoms with Crippen LogP contribution in [0.3, 0.4) is 0 Å². The predicted octanol–water partition coefficient (Wildman–Crippen LogP) is 2.67. The molecule has 0 radical (unpaired) electrons. The normalized spacial score (nSPS) is 21.6. The predicted molar refractivity (Wildman–Crippen MR) is 89.0 cm³/mol. The van der Waals surface area contributed by atoms with Crippen LogP contribution in [0.15, 0.2) is 28.0 Å². The molecular weight excluding hydrogens is 312 g/mol. The molecule has 0 unspecified atom stereocenters. The molecule has 1 fully saturated rings. The van der Waals surface area contributed by atoms with Crippen molar-refractivity contribution in [3.63, 3.8) is 0 Å². The van der Waals surface area contributed by atoms with Crippen LogP contribution in [0.25, 0.3) is 11.6 Å². The van der Waals surface area contributed by atoms with E-state index in [1.54, 1.807) is 6.26 Å². The van der Waals surface area contributed by atoms with Crippen molar-refractivity contribution in [3.05, 3.63) is 18.4 Å². The van der Waals surface area contributed by atoms with Gasteiger partial charge in [-0.1, -0.05) is 25.6 Å². The van der Waals surface area contributed by atoms with Gasteiger partial charge in [0.05, 0.1) is 12.0 Å². The number of hydrogen-bond acceptors (Lipinski definition) is 5. The van der Waals surface area contributed by atoms with Crippen molar-refractivity contribution in [2.45, 2.75) is 25.4 Å². The van der Waals surface area contributed by atoms with E-state index in [1.165, 1.54) is 18.2 Å². The molecule has 1 aliphatic rings. The lowest BCUT2D eigenvalue weighted by Crippen LogP contribution is -2.43. The third-order valence-electron chi connectivity index (χ3n) is 4.12. The summed E-state index contributed by atoms with van der Waals surface area (Å²) in [5.74, 6) is 3.07. The van der Waals surface area contributed by atoms with Crippen molar-refractivity contribution in [1.82, 2.24) is 19.7 Å². The van der Waals surface area contributed by atoms with E-state index >= 15 is 0 Å². The van der Waals surface area contributed by atoms with Crippen molar-refractivity contribution < 1.29 is 9.21 Å². The van der Waals surface area contributed by atoms with Gasteiger partial charge in [0.25, 0.3) is 0 Å². The summed E-state index contributed by atoms with van der Waals surface area (Å²) in [4.78, 5) is 14.4. The first-order chi connectivity index (χ1) is 11.0. The topological polar surface area (TPSA) is 64.2 Å². The number of hydrogen-bond donors (Lipinski definition) is 0. The van der Waals surface area contributed by atoms with E-state index in [1.807, 2.05) is 28.6 Å². The fourth-order valence-corrected chi connectivity index (χ4v) is 3.96. The Balaban J connectivity index is 1.61. The van der Waals surface area contributed by atoms with Crippen molar-refractivity contribution in [2.24, 2.45) is 18.9 Å². The highest BCUT2D eigenvalue weighted by atomic mass is 32.2. The smallest absolute Gasteiger partial charge is 0.233 e. The summed E-state index contributed by atoms with van der Waals surface area (Å²) in [6.45, 7) is 6.14. The summed E-state index contributed by atoms with van der Waals surface area (Å²) < 4.78 is 7.21. The zero-order valence-corrected chi connectivity index (χ0v) is 14.5. The van der Waals surface area contributed by atoms with Crippen LogP contribution in [0, 0.1) is 11.8 Å². The molecule has 124 valence electrons. The summed E-state index contributed by atoms with van der Waals surface area (Å²) in [6.07, 6.45) is 2.81. The number of likely N-dealkylation sites (tertiary alicyclic amines) is 1. The van der Waals surface area contributed by atoms with E-state index in [4.69, 9.17) is 4.42 Å². The molecule has 0 N–H and O–H groups in total. The third-order valence-corrected chi connectivity index (χ3v) is 5.13. The van der Waals surface area contributed by atoms with Crippen molar-refractivity contribution in [1.29, 1.82) is 0 Å². The van der Waals surface area contributed by atoms with E-state index in [9.17, 15) is 4.79 Å². The number of carbonyl (C=O) groups excluding carboxylic acids is 1. The number of rotatable bonds is 4. The molecule has 0 aromatic carbocycles. The molecule has 1 saturated heterocycles. The summed E-state index contributed by atoms with van der Waals surface area (Å²) >= 11 is 1.43. The fourth-order valence-electron chi connectivity index (χ4n) is 3.15. The first-order valence-electron chi connectivity index (χ1n) is 7.88. The van der Waals surface area contributed by atoms with Crippen LogP contribution in [0.4, 0.5) is 0 Å². The van der Waals surface area contributed by atoms with Crippen LogP contribution in [0.2, 0.25) is 0 Å². The van der Waals surface area contributed by atoms with Crippen LogP contribution in [0.5, 0.6) is 0 Å². The second kappa shape index (κ2) is 6.78. The van der Waals surface area contributed by atoms with Gasteiger partial charge in [0.2, 0.25) is 5.91 Å². The Morgan fingerprint density at radius 1 is 1.35 bits per heavy atom. The Labute approximate surface area is 140 Å². The van der Waals surface area contributed by atoms with E-state index in [2.05, 4.69) is 24.0 Å². The van der Waals surface area contributed by atoms with Crippen LogP contribution in [-0.2, 0) is 11.8 Å². The number of carbonyl (C=O) groups is 1. The molecule has 1 amide bonds. The molecule has 0 saturated carbocycles. The minimum Gasteiger partial charge on any atom is -0.461 e. The number of aromatic nitrogens is 3. The quantitative estimate of drug-likeness (QED) is 0.804. The van der Waals surface area contributed by atoms with Gasteiger partial charge in [-0.05, 0) is 30.4 Å². The average Bonchev–Trinajstić information content (AvgIpc) is 3.13. The number of amides is 1. The molecule has 3 heterocycles. The Morgan fingerprint density at radius 2 is 2.09 bits per heavy atom. The monoisotopic (exact) mass is 334 g/mol. The molecule has 0 spiro atoms. The molecule has 23 heavy (non-hydrogen) atoms. The molecule has 2 atom stereocenters. The highest BCUT2D eigenvalue weighted by molar-refractivity contribution is 7.99. The Morgan fingerprint density at radius 3 is 2.74 bits per heavy atom. The van der Waals surface area contributed by atoms with Gasteiger partial charge < -0.3 is 13.9 Å². The zero-order chi connectivity index (χ0) is 16.4. The van der Waals surface area contributed by atoms with Crippen molar-refractivity contribution >= 4 is 17.7 Å². The summed E-state index contributed by atoms with van der Waals surface area (Å²) in [5, 5.41) is 9.03. The number of thioether (sulfide) groups is 1. The summed E-state index contributed by atoms with van der Waals surface area (Å²) in [7, 11) is 1.88. The van der Waals surface area contributed by atoms with Crippen molar-refractivity contribution in [2.75, 3.05) is 18.8 Å². The maximum absolute atomic E-state index is 12.4. The highest BCUT2D eigenvalue weighted by Crippen LogP contribution is 2.25. The number of piperidine rings is 1. The molecule has 2 aromatic heterocycles. The van der Waals surface area contributed by atoms with Crippen LogP contribution >= 0.6 is 11.8 Å². The molecule has 1 aliphatic heterocycles. The lowest BCUT2D eigenvalue weighted by Gasteiger charge is -2.34. The van der Waals surface area contributed by atoms with Gasteiger partial charge in [-0.2, -0.15) is 0 Å². The Bertz CT molecular complexity index is 658. The van der Waals surface area contributed by atoms with Gasteiger partial charge >= 0.3 is 0 Å². The van der Waals surface area contributed by atoms with Crippen LogP contribution in [0.1, 0.15) is 20.3 Å². The second-order valence-corrected chi connectivity index (χ2v) is 7.32. The zero-order valence-electron chi connectivity index (χ0n) is 13.7. The lowest BCUT2D eigenvalue weighted by molar-refractivity contribution is -0.130.